The quantitative estimate of drug-likeness (QED) is 0.758. The van der Waals surface area contributed by atoms with Crippen molar-refractivity contribution in [2.45, 2.75) is 20.9 Å². The molecule has 2 N–H and O–H groups in total. The fourth-order valence-corrected chi connectivity index (χ4v) is 4.77. The summed E-state index contributed by atoms with van der Waals surface area (Å²) in [7, 11) is -8.91. The van der Waals surface area contributed by atoms with E-state index in [-0.39, 0.29) is 4.90 Å². The summed E-state index contributed by atoms with van der Waals surface area (Å²) in [5.41, 5.74) is -1.50. The van der Waals surface area contributed by atoms with Crippen molar-refractivity contribution in [3.8, 4) is 0 Å². The number of hydrogen-bond acceptors (Lipinski definition) is 5. The van der Waals surface area contributed by atoms with Crippen molar-refractivity contribution in [2.24, 2.45) is 0 Å². The first-order valence-corrected chi connectivity index (χ1v) is 10.1. The van der Waals surface area contributed by atoms with Gasteiger partial charge in [0.15, 0.2) is 0 Å². The minimum absolute atomic E-state index is 0.188. The molecule has 142 valence electrons. The maximum atomic E-state index is 13.2. The molecule has 0 radical (unpaired) electrons. The van der Waals surface area contributed by atoms with Crippen LogP contribution in [0, 0.1) is 0 Å². The van der Waals surface area contributed by atoms with Crippen molar-refractivity contribution in [3.63, 3.8) is 0 Å². The van der Waals surface area contributed by atoms with Gasteiger partial charge in [0.25, 0.3) is 0 Å². The standard InChI is InChI=1S/C15H14F3NO5S2/c16-15(17,18)13-7-6-12(10-14(13)26(23,24)19-8-9-20)25(21,22)11-4-2-1-3-5-11/h1-7,10,19-20H,8-9H2. The van der Waals surface area contributed by atoms with Crippen molar-refractivity contribution in [3.05, 3.63) is 54.1 Å². The number of halogens is 3. The lowest BCUT2D eigenvalue weighted by molar-refractivity contribution is -0.139. The second-order valence-electron chi connectivity index (χ2n) is 5.09. The van der Waals surface area contributed by atoms with Crippen molar-refractivity contribution >= 4 is 19.9 Å². The summed E-state index contributed by atoms with van der Waals surface area (Å²) in [5, 5.41) is 8.69. The number of nitrogens with one attached hydrogen (secondary N) is 1. The van der Waals surface area contributed by atoms with E-state index in [0.717, 1.165) is 0 Å². The molecule has 2 aromatic carbocycles. The van der Waals surface area contributed by atoms with Crippen molar-refractivity contribution in [2.75, 3.05) is 13.2 Å². The SMILES string of the molecule is O=S(=O)(NCCO)c1cc(S(=O)(=O)c2ccccc2)ccc1C(F)(F)F. The third kappa shape index (κ3) is 4.23. The zero-order valence-corrected chi connectivity index (χ0v) is 14.7. The van der Waals surface area contributed by atoms with Gasteiger partial charge in [0.2, 0.25) is 19.9 Å². The lowest BCUT2D eigenvalue weighted by Gasteiger charge is -2.15. The zero-order chi connectivity index (χ0) is 19.6. The topological polar surface area (TPSA) is 101 Å². The Morgan fingerprint density at radius 2 is 1.54 bits per heavy atom. The van der Waals surface area contributed by atoms with E-state index in [2.05, 4.69) is 0 Å². The predicted molar refractivity (Wildman–Crippen MR) is 85.6 cm³/mol. The molecule has 0 aliphatic carbocycles. The summed E-state index contributed by atoms with van der Waals surface area (Å²) in [6.07, 6.45) is -5.02. The number of sulfonamides is 1. The summed E-state index contributed by atoms with van der Waals surface area (Å²) in [5.74, 6) is 0. The Kier molecular flexibility index (Phi) is 5.76. The molecule has 11 heteroatoms. The molecule has 0 bridgehead atoms. The Balaban J connectivity index is 2.68. The average molecular weight is 409 g/mol. The summed E-state index contributed by atoms with van der Waals surface area (Å²) < 4.78 is 90.7. The molecule has 0 spiro atoms. The molecule has 0 unspecified atom stereocenters. The van der Waals surface area contributed by atoms with Crippen LogP contribution in [0.4, 0.5) is 13.2 Å². The van der Waals surface area contributed by atoms with Crippen LogP contribution in [0.25, 0.3) is 0 Å². The van der Waals surface area contributed by atoms with Gasteiger partial charge >= 0.3 is 6.18 Å². The largest absolute Gasteiger partial charge is 0.417 e. The molecule has 26 heavy (non-hydrogen) atoms. The lowest BCUT2D eigenvalue weighted by atomic mass is 10.2. The summed E-state index contributed by atoms with van der Waals surface area (Å²) in [6.45, 7) is -1.15. The highest BCUT2D eigenvalue weighted by molar-refractivity contribution is 7.91. The molecule has 0 fully saturated rings. The van der Waals surface area contributed by atoms with Gasteiger partial charge in [-0.15, -0.1) is 0 Å². The fraction of sp³-hybridized carbons (Fsp3) is 0.200. The van der Waals surface area contributed by atoms with E-state index in [4.69, 9.17) is 5.11 Å². The van der Waals surface area contributed by atoms with Gasteiger partial charge in [-0.1, -0.05) is 18.2 Å². The number of alkyl halides is 3. The van der Waals surface area contributed by atoms with E-state index in [1.807, 2.05) is 0 Å². The molecule has 0 aromatic heterocycles. The summed E-state index contributed by atoms with van der Waals surface area (Å²) >= 11 is 0. The molecule has 0 aliphatic rings. The molecular formula is C15H14F3NO5S2. The molecule has 0 aliphatic heterocycles. The zero-order valence-electron chi connectivity index (χ0n) is 13.1. The van der Waals surface area contributed by atoms with E-state index >= 15 is 0 Å². The first-order chi connectivity index (χ1) is 12.0. The van der Waals surface area contributed by atoms with Gasteiger partial charge in [0.05, 0.1) is 26.9 Å². The van der Waals surface area contributed by atoms with Crippen LogP contribution in [-0.2, 0) is 26.0 Å². The van der Waals surface area contributed by atoms with E-state index in [1.165, 1.54) is 24.3 Å². The number of hydrogen-bond donors (Lipinski definition) is 2. The van der Waals surface area contributed by atoms with E-state index < -0.39 is 54.5 Å². The van der Waals surface area contributed by atoms with Crippen LogP contribution >= 0.6 is 0 Å². The average Bonchev–Trinajstić information content (AvgIpc) is 2.59. The second-order valence-corrected chi connectivity index (χ2v) is 8.78. The third-order valence-corrected chi connectivity index (χ3v) is 6.58. The lowest BCUT2D eigenvalue weighted by Crippen LogP contribution is -2.29. The Hall–Kier alpha value is -1.95. The van der Waals surface area contributed by atoms with Crippen molar-refractivity contribution in [1.82, 2.24) is 4.72 Å². The number of rotatable bonds is 6. The Labute approximate surface area is 148 Å². The van der Waals surface area contributed by atoms with Gasteiger partial charge in [-0.3, -0.25) is 0 Å². The fourth-order valence-electron chi connectivity index (χ4n) is 2.12. The van der Waals surface area contributed by atoms with E-state index in [0.29, 0.717) is 18.2 Å². The molecule has 0 amide bonds. The Bertz CT molecular complexity index is 988. The predicted octanol–water partition coefficient (Wildman–Crippen LogP) is 1.81. The number of benzene rings is 2. The van der Waals surface area contributed by atoms with Crippen LogP contribution in [0.3, 0.4) is 0 Å². The first-order valence-electron chi connectivity index (χ1n) is 7.12. The summed E-state index contributed by atoms with van der Waals surface area (Å²) in [6, 6.07) is 8.47. The summed E-state index contributed by atoms with van der Waals surface area (Å²) in [4.78, 5) is -2.01. The normalized spacial score (nSPS) is 12.9. The van der Waals surface area contributed by atoms with Gasteiger partial charge in [0, 0.05) is 6.54 Å². The Morgan fingerprint density at radius 3 is 2.08 bits per heavy atom. The van der Waals surface area contributed by atoms with E-state index in [1.54, 1.807) is 10.8 Å². The Morgan fingerprint density at radius 1 is 0.923 bits per heavy atom. The number of sulfone groups is 1. The third-order valence-electron chi connectivity index (χ3n) is 3.32. The first kappa shape index (κ1) is 20.4. The molecule has 0 saturated heterocycles. The van der Waals surface area contributed by atoms with Gasteiger partial charge in [0.1, 0.15) is 0 Å². The van der Waals surface area contributed by atoms with Crippen LogP contribution in [0.1, 0.15) is 5.56 Å². The number of aliphatic hydroxyl groups excluding tert-OH is 1. The smallest absolute Gasteiger partial charge is 0.395 e. The molecule has 0 atom stereocenters. The monoisotopic (exact) mass is 409 g/mol. The van der Waals surface area contributed by atoms with Crippen molar-refractivity contribution in [1.29, 1.82) is 0 Å². The van der Waals surface area contributed by atoms with Gasteiger partial charge in [-0.25, -0.2) is 21.6 Å². The van der Waals surface area contributed by atoms with Crippen LogP contribution in [0.2, 0.25) is 0 Å². The van der Waals surface area contributed by atoms with Gasteiger partial charge < -0.3 is 5.11 Å². The second kappa shape index (κ2) is 7.35. The van der Waals surface area contributed by atoms with Gasteiger partial charge in [-0.2, -0.15) is 13.2 Å². The van der Waals surface area contributed by atoms with Crippen LogP contribution in [0.5, 0.6) is 0 Å². The van der Waals surface area contributed by atoms with Crippen LogP contribution in [0.15, 0.2) is 63.2 Å². The minimum Gasteiger partial charge on any atom is -0.395 e. The van der Waals surface area contributed by atoms with Crippen molar-refractivity contribution < 1.29 is 35.1 Å². The molecular weight excluding hydrogens is 395 g/mol. The van der Waals surface area contributed by atoms with Crippen LogP contribution in [-0.4, -0.2) is 35.1 Å². The number of aliphatic hydroxyl groups is 1. The highest BCUT2D eigenvalue weighted by Gasteiger charge is 2.38. The maximum Gasteiger partial charge on any atom is 0.417 e. The molecule has 2 rings (SSSR count). The van der Waals surface area contributed by atoms with Crippen LogP contribution < -0.4 is 4.72 Å². The van der Waals surface area contributed by atoms with E-state index in [9.17, 15) is 30.0 Å². The molecule has 6 nitrogen and oxygen atoms in total. The highest BCUT2D eigenvalue weighted by Crippen LogP contribution is 2.36. The molecule has 0 saturated carbocycles. The maximum absolute atomic E-state index is 13.2. The minimum atomic E-state index is -5.02. The van der Waals surface area contributed by atoms with Gasteiger partial charge in [-0.05, 0) is 30.3 Å². The molecule has 0 heterocycles. The highest BCUT2D eigenvalue weighted by atomic mass is 32.2. The molecule has 2 aromatic rings.